The summed E-state index contributed by atoms with van der Waals surface area (Å²) in [6, 6.07) is 23.9. The second-order valence-corrected chi connectivity index (χ2v) is 9.04. The van der Waals surface area contributed by atoms with Crippen molar-refractivity contribution in [2.24, 2.45) is 0 Å². The van der Waals surface area contributed by atoms with Gasteiger partial charge in [-0.3, -0.25) is 19.5 Å². The van der Waals surface area contributed by atoms with Gasteiger partial charge in [0.1, 0.15) is 0 Å². The molecule has 2 aromatic carbocycles. The molecule has 1 aliphatic heterocycles. The number of piperazine rings is 1. The molecule has 2 heterocycles. The van der Waals surface area contributed by atoms with E-state index in [9.17, 15) is 9.59 Å². The number of nitrogens with zero attached hydrogens (tertiary/aromatic N) is 3. The average Bonchev–Trinajstić information content (AvgIpc) is 2.94. The van der Waals surface area contributed by atoms with Crippen LogP contribution >= 0.6 is 0 Å². The summed E-state index contributed by atoms with van der Waals surface area (Å²) < 4.78 is 0. The molecule has 1 aromatic heterocycles. The Morgan fingerprint density at radius 2 is 1.53 bits per heavy atom. The van der Waals surface area contributed by atoms with Gasteiger partial charge in [0.15, 0.2) is 0 Å². The normalized spacial score (nSPS) is 14.3. The predicted molar refractivity (Wildman–Crippen MR) is 143 cm³/mol. The second-order valence-electron chi connectivity index (χ2n) is 9.04. The largest absolute Gasteiger partial charge is 0.353 e. The molecule has 0 aliphatic carbocycles. The van der Waals surface area contributed by atoms with E-state index in [1.54, 1.807) is 24.5 Å². The first kappa shape index (κ1) is 25.3. The van der Waals surface area contributed by atoms with Crippen molar-refractivity contribution < 1.29 is 9.59 Å². The van der Waals surface area contributed by atoms with Gasteiger partial charge in [-0.1, -0.05) is 66.7 Å². The fourth-order valence-corrected chi connectivity index (χ4v) is 4.52. The summed E-state index contributed by atoms with van der Waals surface area (Å²) in [6.07, 6.45) is 8.68. The third-order valence-electron chi connectivity index (χ3n) is 6.51. The fraction of sp³-hybridized carbons (Fsp3) is 0.300. The number of pyridine rings is 1. The first-order valence-electron chi connectivity index (χ1n) is 12.7. The minimum atomic E-state index is -0.269. The van der Waals surface area contributed by atoms with Crippen LogP contribution in [-0.4, -0.2) is 65.9 Å². The Kier molecular flexibility index (Phi) is 9.39. The molecular weight excluding hydrogens is 448 g/mol. The second kappa shape index (κ2) is 13.4. The molecule has 1 aliphatic rings. The van der Waals surface area contributed by atoms with Crippen LogP contribution in [0.1, 0.15) is 35.4 Å². The number of rotatable bonds is 10. The molecule has 0 unspecified atom stereocenters. The summed E-state index contributed by atoms with van der Waals surface area (Å²) >= 11 is 0. The van der Waals surface area contributed by atoms with Gasteiger partial charge in [0, 0.05) is 51.2 Å². The molecule has 0 atom stereocenters. The molecule has 3 aromatic rings. The van der Waals surface area contributed by atoms with E-state index in [-0.39, 0.29) is 17.7 Å². The number of aromatic nitrogens is 1. The van der Waals surface area contributed by atoms with Crippen molar-refractivity contribution in [1.29, 1.82) is 0 Å². The van der Waals surface area contributed by atoms with Crippen LogP contribution in [0, 0.1) is 0 Å². The van der Waals surface area contributed by atoms with Gasteiger partial charge in [0.2, 0.25) is 11.8 Å². The summed E-state index contributed by atoms with van der Waals surface area (Å²) in [6.45, 7) is 4.87. The zero-order chi connectivity index (χ0) is 25.0. The molecule has 1 N–H and O–H groups in total. The van der Waals surface area contributed by atoms with Crippen molar-refractivity contribution in [3.8, 4) is 0 Å². The molecule has 2 amide bonds. The zero-order valence-corrected chi connectivity index (χ0v) is 20.6. The number of nitrogens with one attached hydrogen (secondary N) is 1. The van der Waals surface area contributed by atoms with E-state index in [0.717, 1.165) is 62.3 Å². The quantitative estimate of drug-likeness (QED) is 0.351. The minimum Gasteiger partial charge on any atom is -0.353 e. The summed E-state index contributed by atoms with van der Waals surface area (Å²) in [5.41, 5.74) is 2.98. The van der Waals surface area contributed by atoms with Crippen LogP contribution in [0.15, 0.2) is 91.3 Å². The lowest BCUT2D eigenvalue weighted by Crippen LogP contribution is -2.50. The predicted octanol–water partition coefficient (Wildman–Crippen LogP) is 3.97. The Labute approximate surface area is 213 Å². The number of benzene rings is 2. The summed E-state index contributed by atoms with van der Waals surface area (Å²) in [4.78, 5) is 34.0. The van der Waals surface area contributed by atoms with Gasteiger partial charge in [0.05, 0.1) is 5.92 Å². The van der Waals surface area contributed by atoms with Crippen LogP contribution in [-0.2, 0) is 9.59 Å². The van der Waals surface area contributed by atoms with Gasteiger partial charge in [-0.25, -0.2) is 0 Å². The molecule has 1 fully saturated rings. The van der Waals surface area contributed by atoms with Crippen LogP contribution in [0.5, 0.6) is 0 Å². The van der Waals surface area contributed by atoms with Crippen LogP contribution in [0.3, 0.4) is 0 Å². The SMILES string of the molecule is O=C(C=Cc1cccnc1)NCCCCN1CCN(C(=O)C(c2ccccc2)c2ccccc2)CC1. The zero-order valence-electron chi connectivity index (χ0n) is 20.6. The summed E-state index contributed by atoms with van der Waals surface area (Å²) in [5.74, 6) is -0.179. The number of amides is 2. The van der Waals surface area contributed by atoms with E-state index in [1.165, 1.54) is 0 Å². The van der Waals surface area contributed by atoms with E-state index < -0.39 is 0 Å². The van der Waals surface area contributed by atoms with Crippen LogP contribution < -0.4 is 5.32 Å². The Morgan fingerprint density at radius 3 is 2.14 bits per heavy atom. The van der Waals surface area contributed by atoms with Crippen LogP contribution in [0.2, 0.25) is 0 Å². The standard InChI is InChI=1S/C30H34N4O2/c35-28(16-15-25-10-9-17-31-24-25)32-18-7-8-19-33-20-22-34(23-21-33)30(36)29(26-11-3-1-4-12-26)27-13-5-2-6-14-27/h1-6,9-17,24,29H,7-8,18-23H2,(H,32,35). The van der Waals surface area contributed by atoms with Crippen molar-refractivity contribution in [1.82, 2.24) is 20.1 Å². The van der Waals surface area contributed by atoms with E-state index in [1.807, 2.05) is 77.7 Å². The van der Waals surface area contributed by atoms with E-state index in [0.29, 0.717) is 6.54 Å². The van der Waals surface area contributed by atoms with Crippen molar-refractivity contribution in [3.05, 3.63) is 108 Å². The van der Waals surface area contributed by atoms with Crippen molar-refractivity contribution >= 4 is 17.9 Å². The molecule has 0 spiro atoms. The lowest BCUT2D eigenvalue weighted by molar-refractivity contribution is -0.133. The number of hydrogen-bond donors (Lipinski definition) is 1. The smallest absolute Gasteiger partial charge is 0.243 e. The number of carbonyl (C=O) groups is 2. The number of hydrogen-bond acceptors (Lipinski definition) is 4. The van der Waals surface area contributed by atoms with E-state index in [4.69, 9.17) is 0 Å². The van der Waals surface area contributed by atoms with Crippen molar-refractivity contribution in [2.45, 2.75) is 18.8 Å². The first-order valence-corrected chi connectivity index (χ1v) is 12.7. The van der Waals surface area contributed by atoms with E-state index in [2.05, 4.69) is 15.2 Å². The molecule has 6 heteroatoms. The minimum absolute atomic E-state index is 0.0858. The fourth-order valence-electron chi connectivity index (χ4n) is 4.52. The number of unbranched alkanes of at least 4 members (excludes halogenated alkanes) is 1. The topological polar surface area (TPSA) is 65.5 Å². The highest BCUT2D eigenvalue weighted by Gasteiger charge is 2.29. The van der Waals surface area contributed by atoms with Crippen LogP contribution in [0.4, 0.5) is 0 Å². The highest BCUT2D eigenvalue weighted by molar-refractivity contribution is 5.91. The Hall–Kier alpha value is -3.77. The third-order valence-corrected chi connectivity index (χ3v) is 6.51. The molecule has 1 saturated heterocycles. The maximum absolute atomic E-state index is 13.6. The highest BCUT2D eigenvalue weighted by Crippen LogP contribution is 2.27. The summed E-state index contributed by atoms with van der Waals surface area (Å²) in [7, 11) is 0. The molecule has 186 valence electrons. The first-order chi connectivity index (χ1) is 17.7. The van der Waals surface area contributed by atoms with Gasteiger partial charge in [-0.05, 0) is 48.2 Å². The number of carbonyl (C=O) groups excluding carboxylic acids is 2. The maximum atomic E-state index is 13.6. The Balaban J connectivity index is 1.19. The van der Waals surface area contributed by atoms with Gasteiger partial charge in [-0.15, -0.1) is 0 Å². The van der Waals surface area contributed by atoms with Gasteiger partial charge < -0.3 is 10.2 Å². The molecule has 36 heavy (non-hydrogen) atoms. The highest BCUT2D eigenvalue weighted by atomic mass is 16.2. The lowest BCUT2D eigenvalue weighted by Gasteiger charge is -2.36. The Bertz CT molecular complexity index is 1070. The third kappa shape index (κ3) is 7.36. The molecule has 4 rings (SSSR count). The lowest BCUT2D eigenvalue weighted by atomic mass is 9.90. The molecule has 0 radical (unpaired) electrons. The van der Waals surface area contributed by atoms with Gasteiger partial charge in [0.25, 0.3) is 0 Å². The monoisotopic (exact) mass is 482 g/mol. The van der Waals surface area contributed by atoms with Crippen LogP contribution in [0.25, 0.3) is 6.08 Å². The molecular formula is C30H34N4O2. The summed E-state index contributed by atoms with van der Waals surface area (Å²) in [5, 5.41) is 2.94. The molecule has 0 saturated carbocycles. The average molecular weight is 483 g/mol. The van der Waals surface area contributed by atoms with Crippen molar-refractivity contribution in [2.75, 3.05) is 39.3 Å². The van der Waals surface area contributed by atoms with E-state index >= 15 is 0 Å². The van der Waals surface area contributed by atoms with Crippen molar-refractivity contribution in [3.63, 3.8) is 0 Å². The van der Waals surface area contributed by atoms with Gasteiger partial charge >= 0.3 is 0 Å². The molecule has 6 nitrogen and oxygen atoms in total. The maximum Gasteiger partial charge on any atom is 0.243 e. The molecule has 0 bridgehead atoms. The Morgan fingerprint density at radius 1 is 0.861 bits per heavy atom. The van der Waals surface area contributed by atoms with Gasteiger partial charge in [-0.2, -0.15) is 0 Å².